The highest BCUT2D eigenvalue weighted by Gasteiger charge is 2.22. The van der Waals surface area contributed by atoms with Gasteiger partial charge in [0.1, 0.15) is 5.82 Å². The second kappa shape index (κ2) is 6.94. The van der Waals surface area contributed by atoms with Crippen molar-refractivity contribution in [3.05, 3.63) is 55.6 Å². The van der Waals surface area contributed by atoms with Gasteiger partial charge in [-0.3, -0.25) is 9.78 Å². The highest BCUT2D eigenvalue weighted by atomic mass is 79.9. The summed E-state index contributed by atoms with van der Waals surface area (Å²) in [6.45, 7) is 2.04. The van der Waals surface area contributed by atoms with E-state index >= 15 is 0 Å². The minimum absolute atomic E-state index is 0.327. The number of hydrogen-bond donors (Lipinski definition) is 1. The molecule has 2 heterocycles. The lowest BCUT2D eigenvalue weighted by atomic mass is 10.0. The molecule has 1 N–H and O–H groups in total. The normalized spacial score (nSPS) is 16.3. The molecule has 0 radical (unpaired) electrons. The third kappa shape index (κ3) is 3.47. The summed E-state index contributed by atoms with van der Waals surface area (Å²) in [6.07, 6.45) is 2.04. The average molecular weight is 393 g/mol. The third-order valence-electron chi connectivity index (χ3n) is 4.60. The Kier molecular flexibility index (Phi) is 4.91. The molecule has 6 nitrogen and oxygen atoms in total. The molecule has 1 aromatic carbocycles. The van der Waals surface area contributed by atoms with Crippen LogP contribution in [0.5, 0.6) is 0 Å². The summed E-state index contributed by atoms with van der Waals surface area (Å²) < 4.78 is 1.97. The van der Waals surface area contributed by atoms with Crippen LogP contribution >= 0.6 is 15.9 Å². The number of rotatable bonds is 3. The highest BCUT2D eigenvalue weighted by Crippen LogP contribution is 2.18. The number of halogens is 1. The van der Waals surface area contributed by atoms with E-state index in [9.17, 15) is 9.59 Å². The predicted molar refractivity (Wildman–Crippen MR) is 99.3 cm³/mol. The molecule has 0 bridgehead atoms. The lowest BCUT2D eigenvalue weighted by molar-refractivity contribution is 0.252. The Morgan fingerprint density at radius 1 is 1.21 bits per heavy atom. The summed E-state index contributed by atoms with van der Waals surface area (Å²) >= 11 is 3.36. The van der Waals surface area contributed by atoms with Gasteiger partial charge in [0.2, 0.25) is 0 Å². The molecule has 1 fully saturated rings. The summed E-state index contributed by atoms with van der Waals surface area (Å²) in [5.74, 6) is 0.575. The Bertz CT molecular complexity index is 806. The van der Waals surface area contributed by atoms with Gasteiger partial charge in [-0.05, 0) is 51.2 Å². The Balaban J connectivity index is 1.93. The fourth-order valence-corrected chi connectivity index (χ4v) is 3.50. The van der Waals surface area contributed by atoms with Crippen LogP contribution in [0.3, 0.4) is 0 Å². The van der Waals surface area contributed by atoms with E-state index in [0.717, 1.165) is 35.0 Å². The van der Waals surface area contributed by atoms with Crippen molar-refractivity contribution in [3.8, 4) is 5.69 Å². The monoisotopic (exact) mass is 392 g/mol. The van der Waals surface area contributed by atoms with E-state index in [1.807, 2.05) is 18.0 Å². The highest BCUT2D eigenvalue weighted by molar-refractivity contribution is 9.10. The van der Waals surface area contributed by atoms with Crippen molar-refractivity contribution in [2.75, 3.05) is 32.1 Å². The number of piperidine rings is 1. The zero-order valence-electron chi connectivity index (χ0n) is 13.8. The van der Waals surface area contributed by atoms with Crippen molar-refractivity contribution >= 4 is 21.7 Å². The summed E-state index contributed by atoms with van der Waals surface area (Å²) in [5.41, 5.74) is -0.203. The Labute approximate surface area is 148 Å². The van der Waals surface area contributed by atoms with Crippen LogP contribution in [0.4, 0.5) is 5.82 Å². The molecule has 0 spiro atoms. The molecule has 128 valence electrons. The molecule has 0 unspecified atom stereocenters. The maximum Gasteiger partial charge on any atom is 0.334 e. The number of benzene rings is 1. The summed E-state index contributed by atoms with van der Waals surface area (Å²) in [4.78, 5) is 32.1. The average Bonchev–Trinajstić information content (AvgIpc) is 2.54. The Morgan fingerprint density at radius 2 is 1.92 bits per heavy atom. The molecular formula is C17H21BrN4O2. The van der Waals surface area contributed by atoms with Crippen molar-refractivity contribution in [3.63, 3.8) is 0 Å². The predicted octanol–water partition coefficient (Wildman–Crippen LogP) is 1.82. The van der Waals surface area contributed by atoms with Gasteiger partial charge in [0.25, 0.3) is 5.56 Å². The van der Waals surface area contributed by atoms with Gasteiger partial charge in [-0.2, -0.15) is 0 Å². The molecule has 0 amide bonds. The smallest absolute Gasteiger partial charge is 0.334 e. The Morgan fingerprint density at radius 3 is 2.54 bits per heavy atom. The molecule has 24 heavy (non-hydrogen) atoms. The van der Waals surface area contributed by atoms with Gasteiger partial charge in [-0.25, -0.2) is 9.36 Å². The standard InChI is InChI=1S/C17H21BrN4O2/c1-20-8-6-13(7-9-20)21(2)15-11-16(23)22(17(24)19-15)14-5-3-4-12(18)10-14/h3-5,10-11,13H,6-9H2,1-2H3,(H,19,24). The zero-order chi connectivity index (χ0) is 17.3. The van der Waals surface area contributed by atoms with E-state index in [0.29, 0.717) is 17.5 Å². The van der Waals surface area contributed by atoms with Gasteiger partial charge in [0, 0.05) is 23.6 Å². The van der Waals surface area contributed by atoms with Gasteiger partial charge < -0.3 is 9.80 Å². The molecule has 1 aliphatic rings. The number of nitrogens with one attached hydrogen (secondary N) is 1. The number of aromatic nitrogens is 2. The minimum Gasteiger partial charge on any atom is -0.358 e. The van der Waals surface area contributed by atoms with Crippen molar-refractivity contribution in [1.82, 2.24) is 14.5 Å². The van der Waals surface area contributed by atoms with Gasteiger partial charge in [0.05, 0.1) is 5.69 Å². The number of aromatic amines is 1. The van der Waals surface area contributed by atoms with E-state index in [4.69, 9.17) is 0 Å². The molecule has 1 saturated heterocycles. The van der Waals surface area contributed by atoms with Crippen LogP contribution in [-0.4, -0.2) is 47.7 Å². The van der Waals surface area contributed by atoms with Crippen molar-refractivity contribution in [1.29, 1.82) is 0 Å². The molecule has 2 aromatic rings. The topological polar surface area (TPSA) is 61.3 Å². The SMILES string of the molecule is CN1CCC(N(C)c2cc(=O)n(-c3cccc(Br)c3)c(=O)[nH]2)CC1. The quantitative estimate of drug-likeness (QED) is 0.865. The number of H-pyrrole nitrogens is 1. The lowest BCUT2D eigenvalue weighted by Crippen LogP contribution is -2.44. The van der Waals surface area contributed by atoms with E-state index in [1.54, 1.807) is 18.2 Å². The zero-order valence-corrected chi connectivity index (χ0v) is 15.4. The van der Waals surface area contributed by atoms with E-state index < -0.39 is 5.69 Å². The molecule has 0 aliphatic carbocycles. The van der Waals surface area contributed by atoms with Crippen LogP contribution in [0.1, 0.15) is 12.8 Å². The van der Waals surface area contributed by atoms with E-state index in [1.165, 1.54) is 6.07 Å². The lowest BCUT2D eigenvalue weighted by Gasteiger charge is -2.35. The second-order valence-corrected chi connectivity index (χ2v) is 7.17. The molecule has 0 saturated carbocycles. The fraction of sp³-hybridized carbons (Fsp3) is 0.412. The second-order valence-electron chi connectivity index (χ2n) is 6.26. The summed E-state index contributed by atoms with van der Waals surface area (Å²) in [6, 6.07) is 8.96. The third-order valence-corrected chi connectivity index (χ3v) is 5.09. The Hall–Kier alpha value is -1.86. The van der Waals surface area contributed by atoms with Crippen molar-refractivity contribution in [2.24, 2.45) is 0 Å². The van der Waals surface area contributed by atoms with Crippen LogP contribution in [0.25, 0.3) is 5.69 Å². The molecule has 0 atom stereocenters. The first-order chi connectivity index (χ1) is 11.5. The first-order valence-electron chi connectivity index (χ1n) is 7.99. The number of hydrogen-bond acceptors (Lipinski definition) is 4. The summed E-state index contributed by atoms with van der Waals surface area (Å²) in [7, 11) is 4.04. The van der Waals surface area contributed by atoms with Crippen LogP contribution in [0.15, 0.2) is 44.4 Å². The van der Waals surface area contributed by atoms with Crippen LogP contribution < -0.4 is 16.1 Å². The van der Waals surface area contributed by atoms with Crippen molar-refractivity contribution < 1.29 is 0 Å². The molecule has 3 rings (SSSR count). The molecule has 1 aliphatic heterocycles. The van der Waals surface area contributed by atoms with E-state index in [-0.39, 0.29) is 5.56 Å². The van der Waals surface area contributed by atoms with Gasteiger partial charge in [-0.1, -0.05) is 22.0 Å². The first-order valence-corrected chi connectivity index (χ1v) is 8.78. The van der Waals surface area contributed by atoms with Gasteiger partial charge in [-0.15, -0.1) is 0 Å². The molecular weight excluding hydrogens is 372 g/mol. The van der Waals surface area contributed by atoms with Crippen molar-refractivity contribution in [2.45, 2.75) is 18.9 Å². The molecule has 7 heteroatoms. The first kappa shape index (κ1) is 17.0. The van der Waals surface area contributed by atoms with Crippen LogP contribution in [-0.2, 0) is 0 Å². The summed E-state index contributed by atoms with van der Waals surface area (Å²) in [5, 5.41) is 0. The van der Waals surface area contributed by atoms with E-state index in [2.05, 4.69) is 32.9 Å². The number of likely N-dealkylation sites (tertiary alicyclic amines) is 1. The maximum absolute atomic E-state index is 12.5. The largest absolute Gasteiger partial charge is 0.358 e. The minimum atomic E-state index is -0.421. The van der Waals surface area contributed by atoms with Crippen LogP contribution in [0, 0.1) is 0 Å². The number of nitrogens with zero attached hydrogens (tertiary/aromatic N) is 3. The number of anilines is 1. The molecule has 1 aromatic heterocycles. The van der Waals surface area contributed by atoms with Crippen LogP contribution in [0.2, 0.25) is 0 Å². The fourth-order valence-electron chi connectivity index (χ4n) is 3.11. The maximum atomic E-state index is 12.5. The van der Waals surface area contributed by atoms with Gasteiger partial charge >= 0.3 is 5.69 Å². The van der Waals surface area contributed by atoms with Gasteiger partial charge in [0.15, 0.2) is 0 Å².